The first-order valence-corrected chi connectivity index (χ1v) is 21.6. The van der Waals surface area contributed by atoms with Crippen molar-refractivity contribution in [1.82, 2.24) is 19.6 Å². The van der Waals surface area contributed by atoms with E-state index in [1.807, 2.05) is 12.1 Å². The molecule has 1 spiro atoms. The number of amides is 2. The lowest BCUT2D eigenvalue weighted by molar-refractivity contribution is -0.144. The normalized spacial score (nSPS) is 20.6. The van der Waals surface area contributed by atoms with Crippen LogP contribution < -0.4 is 0 Å². The highest BCUT2D eigenvalue weighted by molar-refractivity contribution is 6.42. The van der Waals surface area contributed by atoms with E-state index in [0.29, 0.717) is 82.4 Å². The minimum absolute atomic E-state index is 0.0136. The van der Waals surface area contributed by atoms with Crippen LogP contribution in [0.4, 0.5) is 26.3 Å². The number of hydrogen-bond donors (Lipinski definition) is 1. The van der Waals surface area contributed by atoms with Gasteiger partial charge in [-0.05, 0) is 99.3 Å². The van der Waals surface area contributed by atoms with Crippen molar-refractivity contribution in [2.24, 2.45) is 0 Å². The molecule has 3 aliphatic rings. The van der Waals surface area contributed by atoms with Crippen LogP contribution in [-0.4, -0.2) is 134 Å². The van der Waals surface area contributed by atoms with Crippen LogP contribution in [0.15, 0.2) is 60.7 Å². The summed E-state index contributed by atoms with van der Waals surface area (Å²) in [6, 6.07) is 12.8. The topological polar surface area (TPSA) is 120 Å². The number of morpholine rings is 1. The molecule has 2 saturated heterocycles. The van der Waals surface area contributed by atoms with E-state index in [-0.39, 0.29) is 67.3 Å². The second-order valence-electron chi connectivity index (χ2n) is 16.8. The Balaban J connectivity index is 1.14. The van der Waals surface area contributed by atoms with Gasteiger partial charge in [0.25, 0.3) is 5.91 Å². The number of carboxylic acid groups (broad SMARTS) is 1. The molecule has 11 nitrogen and oxygen atoms in total. The summed E-state index contributed by atoms with van der Waals surface area (Å²) in [7, 11) is 3.28. The van der Waals surface area contributed by atoms with Gasteiger partial charge in [0.1, 0.15) is 24.5 Å². The lowest BCUT2D eigenvalue weighted by Crippen LogP contribution is -2.54. The van der Waals surface area contributed by atoms with Crippen LogP contribution in [-0.2, 0) is 53.6 Å². The van der Waals surface area contributed by atoms with Gasteiger partial charge in [-0.25, -0.2) is 0 Å². The van der Waals surface area contributed by atoms with Gasteiger partial charge in [-0.1, -0.05) is 53.5 Å². The summed E-state index contributed by atoms with van der Waals surface area (Å²) in [5.41, 5.74) is -2.75. The van der Waals surface area contributed by atoms with Gasteiger partial charge >= 0.3 is 18.3 Å². The first kappa shape index (κ1) is 49.2. The minimum atomic E-state index is -5.13. The molecule has 0 saturated carbocycles. The summed E-state index contributed by atoms with van der Waals surface area (Å²) in [5, 5.41) is 9.88. The van der Waals surface area contributed by atoms with Gasteiger partial charge in [0.05, 0.1) is 40.4 Å². The van der Waals surface area contributed by atoms with Gasteiger partial charge in [0, 0.05) is 50.6 Å². The second kappa shape index (κ2) is 20.1. The maximum Gasteiger partial charge on any atom is 0.416 e. The second-order valence-corrected chi connectivity index (χ2v) is 17.6. The van der Waals surface area contributed by atoms with Crippen molar-refractivity contribution in [3.8, 4) is 0 Å². The van der Waals surface area contributed by atoms with Crippen molar-refractivity contribution < 1.29 is 60.1 Å². The van der Waals surface area contributed by atoms with Crippen LogP contribution >= 0.6 is 23.2 Å². The number of aldehydes is 1. The predicted molar refractivity (Wildman–Crippen MR) is 225 cm³/mol. The Bertz CT molecular complexity index is 2150. The van der Waals surface area contributed by atoms with Crippen molar-refractivity contribution in [2.45, 2.75) is 74.0 Å². The van der Waals surface area contributed by atoms with E-state index in [1.165, 1.54) is 4.90 Å². The smallest absolute Gasteiger partial charge is 0.416 e. The van der Waals surface area contributed by atoms with E-state index >= 15 is 0 Å². The molecular weight excluding hydrogens is 893 g/mol. The zero-order valence-corrected chi connectivity index (χ0v) is 36.8. The zero-order valence-electron chi connectivity index (χ0n) is 35.3. The minimum Gasteiger partial charge on any atom is -0.480 e. The molecule has 19 heteroatoms. The highest BCUT2D eigenvalue weighted by Gasteiger charge is 2.50. The summed E-state index contributed by atoms with van der Waals surface area (Å²) in [5.74, 6) is -2.33. The number of carbonyl (C=O) groups is 4. The predicted octanol–water partition coefficient (Wildman–Crippen LogP) is 7.59. The maximum atomic E-state index is 13.9. The first-order valence-electron chi connectivity index (χ1n) is 20.9. The number of likely N-dealkylation sites (N-methyl/N-ethyl adjacent to an activating group) is 2. The number of alkyl halides is 6. The summed E-state index contributed by atoms with van der Waals surface area (Å²) in [4.78, 5) is 56.2. The van der Waals surface area contributed by atoms with E-state index in [1.54, 1.807) is 42.1 Å². The summed E-state index contributed by atoms with van der Waals surface area (Å²) in [6.45, 7) is 1.89. The van der Waals surface area contributed by atoms with E-state index in [2.05, 4.69) is 17.0 Å². The Morgan fingerprint density at radius 3 is 2.23 bits per heavy atom. The third-order valence-electron chi connectivity index (χ3n) is 12.9. The largest absolute Gasteiger partial charge is 0.480 e. The van der Waals surface area contributed by atoms with Crippen molar-refractivity contribution in [3.05, 3.63) is 104 Å². The summed E-state index contributed by atoms with van der Waals surface area (Å²) < 4.78 is 95.4. The zero-order chi connectivity index (χ0) is 46.6. The number of likely N-dealkylation sites (tertiary alicyclic amines) is 1. The molecule has 1 aliphatic carbocycles. The van der Waals surface area contributed by atoms with Crippen molar-refractivity contribution in [1.29, 1.82) is 0 Å². The fraction of sp³-hybridized carbons (Fsp3) is 0.511. The monoisotopic (exact) mass is 942 g/mol. The Morgan fingerprint density at radius 1 is 0.938 bits per heavy atom. The number of carboxylic acids is 1. The van der Waals surface area contributed by atoms with Crippen molar-refractivity contribution in [3.63, 3.8) is 0 Å². The standard InChI is InChI=1S/C45H50Cl2F6N4O7/c1-54(37(10-20-58)41(61)62)14-5-15-55(2)39(59)27-63-38-24-29-6-3-4-7-34(29)42(38)11-16-56(17-12-42)18-13-43(31-8-9-35(46)36(47)26-31)28-57(19-21-64-43)40(60)30-22-32(44(48,49)50)25-33(23-30)45(51,52)53/h3-4,6-9,20,22-23,25-26,37-38H,5,10-19,21,24,27-28H2,1-2H3,(H,61,62)/t37?,38-,43-/m0/s1. The number of halogens is 8. The molecule has 0 bridgehead atoms. The molecule has 3 aromatic carbocycles. The molecule has 0 aromatic heterocycles. The Morgan fingerprint density at radius 2 is 1.61 bits per heavy atom. The lowest BCUT2D eigenvalue weighted by Gasteiger charge is -2.46. The van der Waals surface area contributed by atoms with Crippen molar-refractivity contribution in [2.75, 3.05) is 73.1 Å². The number of benzene rings is 3. The Kier molecular flexibility index (Phi) is 15.4. The molecule has 1 unspecified atom stereocenters. The fourth-order valence-corrected chi connectivity index (χ4v) is 9.52. The van der Waals surface area contributed by atoms with Gasteiger partial charge in [-0.15, -0.1) is 0 Å². The SMILES string of the molecule is CN(CCCN(C)C(CC=O)C(=O)O)C(=O)CO[C@H]1Cc2ccccc2C12CCN(CC[C@@]1(c3ccc(Cl)c(Cl)c3)CN(C(=O)c3cc(C(F)(F)F)cc(C(F)(F)F)c3)CCO1)CC2. The number of rotatable bonds is 16. The molecule has 348 valence electrons. The van der Waals surface area contributed by atoms with Gasteiger partial charge < -0.3 is 34.1 Å². The van der Waals surface area contributed by atoms with E-state index < -0.39 is 58.0 Å². The molecular formula is C45H50Cl2F6N4O7. The van der Waals surface area contributed by atoms with Crippen LogP contribution in [0.5, 0.6) is 0 Å². The molecule has 64 heavy (non-hydrogen) atoms. The van der Waals surface area contributed by atoms with Crippen LogP contribution in [0.25, 0.3) is 0 Å². The Hall–Kier alpha value is -4.26. The number of nitrogens with zero attached hydrogens (tertiary/aromatic N) is 4. The van der Waals surface area contributed by atoms with E-state index in [0.717, 1.165) is 11.1 Å². The number of hydrogen-bond acceptors (Lipinski definition) is 8. The summed E-state index contributed by atoms with van der Waals surface area (Å²) >= 11 is 12.7. The number of piperidine rings is 1. The number of ether oxygens (including phenoxy) is 2. The molecule has 6 rings (SSSR count). The average Bonchev–Trinajstić information content (AvgIpc) is 3.56. The molecule has 1 N–H and O–H groups in total. The van der Waals surface area contributed by atoms with E-state index in [4.69, 9.17) is 32.7 Å². The highest BCUT2D eigenvalue weighted by atomic mass is 35.5. The molecule has 3 aromatic rings. The van der Waals surface area contributed by atoms with Gasteiger partial charge in [-0.3, -0.25) is 19.3 Å². The van der Waals surface area contributed by atoms with E-state index in [9.17, 15) is 50.6 Å². The van der Waals surface area contributed by atoms with Gasteiger partial charge in [0.15, 0.2) is 0 Å². The van der Waals surface area contributed by atoms with Gasteiger partial charge in [0.2, 0.25) is 5.91 Å². The van der Waals surface area contributed by atoms with Crippen LogP contribution in [0.2, 0.25) is 10.0 Å². The van der Waals surface area contributed by atoms with Crippen LogP contribution in [0.3, 0.4) is 0 Å². The molecule has 0 radical (unpaired) electrons. The quantitative estimate of drug-likeness (QED) is 0.115. The van der Waals surface area contributed by atoms with Crippen LogP contribution in [0.1, 0.15) is 70.3 Å². The number of fused-ring (bicyclic) bond motifs is 2. The van der Waals surface area contributed by atoms with Gasteiger partial charge in [-0.2, -0.15) is 26.3 Å². The third kappa shape index (κ3) is 11.0. The highest BCUT2D eigenvalue weighted by Crippen LogP contribution is 2.48. The van der Waals surface area contributed by atoms with Crippen molar-refractivity contribution >= 4 is 47.3 Å². The first-order chi connectivity index (χ1) is 30.2. The third-order valence-corrected chi connectivity index (χ3v) is 13.6. The molecule has 2 heterocycles. The molecule has 2 fully saturated rings. The lowest BCUT2D eigenvalue weighted by atomic mass is 9.72. The number of aliphatic carboxylic acids is 1. The number of carbonyl (C=O) groups excluding carboxylic acids is 3. The average molecular weight is 944 g/mol. The van der Waals surface area contributed by atoms with Crippen LogP contribution in [0, 0.1) is 0 Å². The molecule has 3 atom stereocenters. The maximum absolute atomic E-state index is 13.9. The fourth-order valence-electron chi connectivity index (χ4n) is 9.23. The molecule has 2 aliphatic heterocycles. The Labute approximate surface area is 377 Å². The molecule has 2 amide bonds. The summed E-state index contributed by atoms with van der Waals surface area (Å²) in [6.07, 6.45) is -7.39.